The Morgan fingerprint density at radius 1 is 1.50 bits per heavy atom. The van der Waals surface area contributed by atoms with Crippen LogP contribution in [0, 0.1) is 0 Å². The average Bonchev–Trinajstić information content (AvgIpc) is 2.96. The molecule has 0 aliphatic carbocycles. The third-order valence-corrected chi connectivity index (χ3v) is 4.31. The molecule has 4 heteroatoms. The lowest BCUT2D eigenvalue weighted by molar-refractivity contribution is 0.0954. The zero-order chi connectivity index (χ0) is 14.4. The predicted molar refractivity (Wildman–Crippen MR) is 85.3 cm³/mol. The SMILES string of the molecule is CCCOc1ccc(C(CC2CCCO2)NC)cc1Br. The molecule has 20 heavy (non-hydrogen) atoms. The summed E-state index contributed by atoms with van der Waals surface area (Å²) in [5, 5.41) is 3.39. The summed E-state index contributed by atoms with van der Waals surface area (Å²) in [5.74, 6) is 0.919. The summed E-state index contributed by atoms with van der Waals surface area (Å²) >= 11 is 3.60. The number of rotatable bonds is 7. The number of nitrogens with one attached hydrogen (secondary N) is 1. The fraction of sp³-hybridized carbons (Fsp3) is 0.625. The lowest BCUT2D eigenvalue weighted by Crippen LogP contribution is -2.22. The van der Waals surface area contributed by atoms with Gasteiger partial charge in [-0.15, -0.1) is 0 Å². The summed E-state index contributed by atoms with van der Waals surface area (Å²) < 4.78 is 12.5. The molecule has 2 atom stereocenters. The minimum absolute atomic E-state index is 0.328. The van der Waals surface area contributed by atoms with Crippen molar-refractivity contribution in [2.75, 3.05) is 20.3 Å². The Balaban J connectivity index is 2.03. The second kappa shape index (κ2) is 8.01. The van der Waals surface area contributed by atoms with Gasteiger partial charge in [0.05, 0.1) is 17.2 Å². The maximum absolute atomic E-state index is 5.74. The first-order chi connectivity index (χ1) is 9.74. The van der Waals surface area contributed by atoms with Crippen LogP contribution >= 0.6 is 15.9 Å². The van der Waals surface area contributed by atoms with Crippen molar-refractivity contribution in [1.82, 2.24) is 5.32 Å². The molecule has 0 spiro atoms. The van der Waals surface area contributed by atoms with Gasteiger partial charge in [-0.2, -0.15) is 0 Å². The molecule has 1 saturated heterocycles. The second-order valence-electron chi connectivity index (χ2n) is 5.25. The Hall–Kier alpha value is -0.580. The molecular weight excluding hydrogens is 318 g/mol. The van der Waals surface area contributed by atoms with Gasteiger partial charge in [-0.3, -0.25) is 0 Å². The lowest BCUT2D eigenvalue weighted by atomic mass is 9.99. The molecule has 3 nitrogen and oxygen atoms in total. The molecular formula is C16H24BrNO2. The van der Waals surface area contributed by atoms with Crippen LogP contribution in [0.1, 0.15) is 44.2 Å². The molecule has 0 bridgehead atoms. The average molecular weight is 342 g/mol. The van der Waals surface area contributed by atoms with Crippen LogP contribution in [0.4, 0.5) is 0 Å². The van der Waals surface area contributed by atoms with Crippen LogP contribution in [0.3, 0.4) is 0 Å². The Morgan fingerprint density at radius 3 is 2.95 bits per heavy atom. The van der Waals surface area contributed by atoms with Gasteiger partial charge in [0.25, 0.3) is 0 Å². The Kier molecular flexibility index (Phi) is 6.33. The fourth-order valence-electron chi connectivity index (χ4n) is 2.58. The van der Waals surface area contributed by atoms with Crippen LogP contribution in [0.5, 0.6) is 5.75 Å². The minimum Gasteiger partial charge on any atom is -0.492 e. The molecule has 1 aromatic rings. The maximum atomic E-state index is 5.74. The molecule has 2 unspecified atom stereocenters. The number of ether oxygens (including phenoxy) is 2. The van der Waals surface area contributed by atoms with Crippen LogP contribution in [-0.4, -0.2) is 26.4 Å². The highest BCUT2D eigenvalue weighted by molar-refractivity contribution is 9.10. The van der Waals surface area contributed by atoms with E-state index in [2.05, 4.69) is 46.4 Å². The molecule has 1 fully saturated rings. The van der Waals surface area contributed by atoms with E-state index in [1.54, 1.807) is 0 Å². The van der Waals surface area contributed by atoms with Crippen molar-refractivity contribution in [1.29, 1.82) is 0 Å². The second-order valence-corrected chi connectivity index (χ2v) is 6.10. The molecule has 112 valence electrons. The Morgan fingerprint density at radius 2 is 2.35 bits per heavy atom. The van der Waals surface area contributed by atoms with Crippen LogP contribution < -0.4 is 10.1 Å². The van der Waals surface area contributed by atoms with Gasteiger partial charge in [0, 0.05) is 12.6 Å². The Bertz CT molecular complexity index is 419. The van der Waals surface area contributed by atoms with Crippen LogP contribution in [0.15, 0.2) is 22.7 Å². The van der Waals surface area contributed by atoms with Crippen molar-refractivity contribution < 1.29 is 9.47 Å². The van der Waals surface area contributed by atoms with E-state index < -0.39 is 0 Å². The molecule has 1 aromatic carbocycles. The first kappa shape index (κ1) is 15.8. The van der Waals surface area contributed by atoms with E-state index in [-0.39, 0.29) is 0 Å². The normalized spacial score (nSPS) is 20.1. The quantitative estimate of drug-likeness (QED) is 0.810. The molecule has 0 saturated carbocycles. The third-order valence-electron chi connectivity index (χ3n) is 3.69. The van der Waals surface area contributed by atoms with E-state index in [1.807, 2.05) is 7.05 Å². The van der Waals surface area contributed by atoms with Gasteiger partial charge in [-0.1, -0.05) is 13.0 Å². The van der Waals surface area contributed by atoms with Crippen molar-refractivity contribution in [3.8, 4) is 5.75 Å². The van der Waals surface area contributed by atoms with E-state index in [9.17, 15) is 0 Å². The van der Waals surface area contributed by atoms with Gasteiger partial charge >= 0.3 is 0 Å². The van der Waals surface area contributed by atoms with Crippen molar-refractivity contribution in [3.63, 3.8) is 0 Å². The topological polar surface area (TPSA) is 30.5 Å². The predicted octanol–water partition coefficient (Wildman–Crippen LogP) is 4.07. The van der Waals surface area contributed by atoms with Gasteiger partial charge < -0.3 is 14.8 Å². The summed E-state index contributed by atoms with van der Waals surface area (Å²) in [7, 11) is 2.01. The number of halogens is 1. The summed E-state index contributed by atoms with van der Waals surface area (Å²) in [5.41, 5.74) is 1.28. The molecule has 0 amide bonds. The number of hydrogen-bond acceptors (Lipinski definition) is 3. The third kappa shape index (κ3) is 4.21. The Labute approximate surface area is 130 Å². The highest BCUT2D eigenvalue weighted by Gasteiger charge is 2.21. The summed E-state index contributed by atoms with van der Waals surface area (Å²) in [6.45, 7) is 3.78. The molecule has 1 N–H and O–H groups in total. The standard InChI is InChI=1S/C16H24BrNO2/c1-3-8-20-16-7-6-12(10-14(16)17)15(18-2)11-13-5-4-9-19-13/h6-7,10,13,15,18H,3-5,8-9,11H2,1-2H3. The molecule has 1 heterocycles. The van der Waals surface area contributed by atoms with E-state index in [1.165, 1.54) is 18.4 Å². The first-order valence-corrected chi connectivity index (χ1v) is 8.25. The van der Waals surface area contributed by atoms with E-state index in [4.69, 9.17) is 9.47 Å². The van der Waals surface area contributed by atoms with Crippen LogP contribution in [0.25, 0.3) is 0 Å². The van der Waals surface area contributed by atoms with Gasteiger partial charge in [-0.05, 0) is 66.4 Å². The summed E-state index contributed by atoms with van der Waals surface area (Å²) in [6, 6.07) is 6.68. The van der Waals surface area contributed by atoms with E-state index >= 15 is 0 Å². The molecule has 0 aromatic heterocycles. The summed E-state index contributed by atoms with van der Waals surface area (Å²) in [4.78, 5) is 0. The lowest BCUT2D eigenvalue weighted by Gasteiger charge is -2.21. The van der Waals surface area contributed by atoms with Crippen molar-refractivity contribution in [3.05, 3.63) is 28.2 Å². The minimum atomic E-state index is 0.328. The van der Waals surface area contributed by atoms with Gasteiger partial charge in [0.2, 0.25) is 0 Å². The fourth-order valence-corrected chi connectivity index (χ4v) is 3.09. The van der Waals surface area contributed by atoms with Crippen LogP contribution in [0.2, 0.25) is 0 Å². The van der Waals surface area contributed by atoms with Gasteiger partial charge in [-0.25, -0.2) is 0 Å². The van der Waals surface area contributed by atoms with Crippen molar-refractivity contribution in [2.45, 2.75) is 44.8 Å². The van der Waals surface area contributed by atoms with Crippen molar-refractivity contribution in [2.24, 2.45) is 0 Å². The molecule has 1 aliphatic heterocycles. The smallest absolute Gasteiger partial charge is 0.133 e. The van der Waals surface area contributed by atoms with Crippen LogP contribution in [-0.2, 0) is 4.74 Å². The molecule has 0 radical (unpaired) electrons. The van der Waals surface area contributed by atoms with Gasteiger partial charge in [0.1, 0.15) is 5.75 Å². The zero-order valence-corrected chi connectivity index (χ0v) is 13.9. The number of hydrogen-bond donors (Lipinski definition) is 1. The molecule has 2 rings (SSSR count). The maximum Gasteiger partial charge on any atom is 0.133 e. The number of benzene rings is 1. The molecule has 1 aliphatic rings. The van der Waals surface area contributed by atoms with Crippen molar-refractivity contribution >= 4 is 15.9 Å². The summed E-state index contributed by atoms with van der Waals surface area (Å²) in [6.07, 6.45) is 4.80. The highest BCUT2D eigenvalue weighted by atomic mass is 79.9. The zero-order valence-electron chi connectivity index (χ0n) is 12.3. The van der Waals surface area contributed by atoms with E-state index in [0.29, 0.717) is 12.1 Å². The monoisotopic (exact) mass is 341 g/mol. The van der Waals surface area contributed by atoms with E-state index in [0.717, 1.165) is 36.3 Å². The first-order valence-electron chi connectivity index (χ1n) is 7.45. The largest absolute Gasteiger partial charge is 0.492 e. The highest BCUT2D eigenvalue weighted by Crippen LogP contribution is 2.31. The van der Waals surface area contributed by atoms with Gasteiger partial charge in [0.15, 0.2) is 0 Å².